The van der Waals surface area contributed by atoms with Crippen molar-refractivity contribution >= 4 is 45.8 Å². The number of thiazole rings is 1. The summed E-state index contributed by atoms with van der Waals surface area (Å²) in [6.45, 7) is 8.72. The second-order valence-electron chi connectivity index (χ2n) is 6.85. The van der Waals surface area contributed by atoms with Crippen molar-refractivity contribution < 1.29 is 14.3 Å². The molecule has 128 valence electrons. The number of nitrogens with zero attached hydrogens (tertiary/aromatic N) is 1. The summed E-state index contributed by atoms with van der Waals surface area (Å²) in [6, 6.07) is 3.71. The van der Waals surface area contributed by atoms with Gasteiger partial charge in [-0.2, -0.15) is 0 Å². The highest BCUT2D eigenvalue weighted by Gasteiger charge is 2.54. The molecule has 7 heteroatoms. The lowest BCUT2D eigenvalue weighted by atomic mass is 9.76. The molecule has 1 fully saturated rings. The molecule has 1 aliphatic rings. The highest BCUT2D eigenvalue weighted by atomic mass is 35.5. The first-order valence-corrected chi connectivity index (χ1v) is 9.56. The third kappa shape index (κ3) is 2.86. The molecule has 24 heavy (non-hydrogen) atoms. The van der Waals surface area contributed by atoms with E-state index in [2.05, 4.69) is 4.98 Å². The number of aryl methyl sites for hydroxylation is 1. The molecule has 4 nitrogen and oxygen atoms in total. The summed E-state index contributed by atoms with van der Waals surface area (Å²) in [5.74, 6) is -1.36. The van der Waals surface area contributed by atoms with Crippen LogP contribution in [0.5, 0.6) is 0 Å². The molecule has 1 aliphatic heterocycles. The van der Waals surface area contributed by atoms with E-state index in [-0.39, 0.29) is 11.6 Å². The van der Waals surface area contributed by atoms with Crippen LogP contribution in [-0.4, -0.2) is 27.8 Å². The van der Waals surface area contributed by atoms with Gasteiger partial charge in [0.1, 0.15) is 22.1 Å². The van der Waals surface area contributed by atoms with Crippen LogP contribution in [0.15, 0.2) is 12.1 Å². The average Bonchev–Trinajstić information content (AvgIpc) is 3.03. The molecule has 0 saturated carbocycles. The Morgan fingerprint density at radius 3 is 2.17 bits per heavy atom. The van der Waals surface area contributed by atoms with E-state index < -0.39 is 17.1 Å². The first-order valence-electron chi connectivity index (χ1n) is 7.55. The van der Waals surface area contributed by atoms with Crippen LogP contribution in [0.25, 0.3) is 9.88 Å². The van der Waals surface area contributed by atoms with Gasteiger partial charge in [-0.15, -0.1) is 22.7 Å². The van der Waals surface area contributed by atoms with Crippen LogP contribution in [0, 0.1) is 6.92 Å². The number of halogens is 1. The minimum absolute atomic E-state index is 0.240. The van der Waals surface area contributed by atoms with Gasteiger partial charge in [-0.3, -0.25) is 9.59 Å². The fourth-order valence-corrected chi connectivity index (χ4v) is 5.06. The summed E-state index contributed by atoms with van der Waals surface area (Å²) in [4.78, 5) is 32.1. The zero-order valence-electron chi connectivity index (χ0n) is 14.1. The molecule has 0 unspecified atom stereocenters. The van der Waals surface area contributed by atoms with Crippen molar-refractivity contribution in [2.45, 2.75) is 51.7 Å². The van der Waals surface area contributed by atoms with Crippen molar-refractivity contribution in [1.29, 1.82) is 0 Å². The Morgan fingerprint density at radius 1 is 1.08 bits per heavy atom. The minimum Gasteiger partial charge on any atom is -0.354 e. The molecule has 3 rings (SSSR count). The van der Waals surface area contributed by atoms with Gasteiger partial charge in [0.15, 0.2) is 11.6 Å². The summed E-state index contributed by atoms with van der Waals surface area (Å²) < 4.78 is 6.41. The lowest BCUT2D eigenvalue weighted by molar-refractivity contribution is -0.184. The van der Waals surface area contributed by atoms with Crippen LogP contribution >= 0.6 is 34.3 Å². The number of hydrogen-bond acceptors (Lipinski definition) is 6. The predicted molar refractivity (Wildman–Crippen MR) is 97.2 cm³/mol. The van der Waals surface area contributed by atoms with Gasteiger partial charge in [0.05, 0.1) is 14.9 Å². The second-order valence-corrected chi connectivity index (χ2v) is 9.77. The Morgan fingerprint density at radius 2 is 1.67 bits per heavy atom. The van der Waals surface area contributed by atoms with Crippen molar-refractivity contribution in [2.24, 2.45) is 0 Å². The van der Waals surface area contributed by atoms with Gasteiger partial charge in [-0.25, -0.2) is 4.98 Å². The van der Waals surface area contributed by atoms with Crippen molar-refractivity contribution in [1.82, 2.24) is 4.98 Å². The van der Waals surface area contributed by atoms with Crippen molar-refractivity contribution in [3.05, 3.63) is 27.0 Å². The van der Waals surface area contributed by atoms with Crippen molar-refractivity contribution in [3.63, 3.8) is 0 Å². The Bertz CT molecular complexity index is 809. The van der Waals surface area contributed by atoms with E-state index in [0.717, 1.165) is 14.8 Å². The smallest absolute Gasteiger partial charge is 0.180 e. The first-order chi connectivity index (χ1) is 11.0. The normalized spacial score (nSPS) is 20.6. The SMILES string of the molecule is Cc1sc(-c2ccc(Cl)s2)nc1C1C(=O)C(C)(C)OC(C)(C)C1=O. The molecule has 1 saturated heterocycles. The van der Waals surface area contributed by atoms with Gasteiger partial charge in [0.2, 0.25) is 0 Å². The van der Waals surface area contributed by atoms with Crippen LogP contribution in [0.3, 0.4) is 0 Å². The Balaban J connectivity index is 2.08. The number of carbonyl (C=O) groups excluding carboxylic acids is 2. The van der Waals surface area contributed by atoms with E-state index in [4.69, 9.17) is 16.3 Å². The Kier molecular flexibility index (Phi) is 4.23. The van der Waals surface area contributed by atoms with E-state index in [0.29, 0.717) is 10.0 Å². The topological polar surface area (TPSA) is 56.3 Å². The second kappa shape index (κ2) is 5.73. The maximum absolute atomic E-state index is 12.8. The molecule has 0 amide bonds. The summed E-state index contributed by atoms with van der Waals surface area (Å²) in [7, 11) is 0. The van der Waals surface area contributed by atoms with Crippen molar-refractivity contribution in [2.75, 3.05) is 0 Å². The molecule has 0 bridgehead atoms. The summed E-state index contributed by atoms with van der Waals surface area (Å²) >= 11 is 8.90. The van der Waals surface area contributed by atoms with E-state index in [1.54, 1.807) is 27.7 Å². The monoisotopic (exact) mass is 383 g/mol. The third-order valence-corrected chi connectivity index (χ3v) is 6.50. The number of rotatable bonds is 2. The summed E-state index contributed by atoms with van der Waals surface area (Å²) in [5, 5.41) is 0.780. The van der Waals surface area contributed by atoms with Gasteiger partial charge >= 0.3 is 0 Å². The molecule has 2 aromatic rings. The van der Waals surface area contributed by atoms with Crippen LogP contribution in [0.4, 0.5) is 0 Å². The fraction of sp³-hybridized carbons (Fsp3) is 0.471. The molecular weight excluding hydrogens is 366 g/mol. The molecule has 0 aliphatic carbocycles. The number of Topliss-reactive ketones (excluding diaryl/α,β-unsaturated/α-hetero) is 2. The Hall–Kier alpha value is -1.08. The lowest BCUT2D eigenvalue weighted by Gasteiger charge is -2.42. The molecule has 2 aromatic heterocycles. The summed E-state index contributed by atoms with van der Waals surface area (Å²) in [6.07, 6.45) is 0. The first kappa shape index (κ1) is 17.7. The third-order valence-electron chi connectivity index (χ3n) is 4.11. The molecule has 0 atom stereocenters. The maximum atomic E-state index is 12.8. The largest absolute Gasteiger partial charge is 0.354 e. The number of hydrogen-bond donors (Lipinski definition) is 0. The maximum Gasteiger partial charge on any atom is 0.180 e. The quantitative estimate of drug-likeness (QED) is 0.708. The van der Waals surface area contributed by atoms with E-state index >= 15 is 0 Å². The van der Waals surface area contributed by atoms with E-state index in [9.17, 15) is 9.59 Å². The highest BCUT2D eigenvalue weighted by Crippen LogP contribution is 2.42. The standard InChI is InChI=1S/C17H18ClNO3S2/c1-8-12(19-15(23-8)9-6-7-10(18)24-9)11-13(20)16(2,3)22-17(4,5)14(11)21/h6-7,11H,1-5H3. The highest BCUT2D eigenvalue weighted by molar-refractivity contribution is 7.23. The zero-order chi connectivity index (χ0) is 17.9. The minimum atomic E-state index is -1.02. The predicted octanol–water partition coefficient (Wildman–Crippen LogP) is 4.64. The number of carbonyl (C=O) groups is 2. The van der Waals surface area contributed by atoms with Crippen molar-refractivity contribution in [3.8, 4) is 9.88 Å². The lowest BCUT2D eigenvalue weighted by Crippen LogP contribution is -2.58. The van der Waals surface area contributed by atoms with Gasteiger partial charge in [0.25, 0.3) is 0 Å². The number of ether oxygens (including phenoxy) is 1. The van der Waals surface area contributed by atoms with Crippen LogP contribution in [-0.2, 0) is 14.3 Å². The molecule has 0 radical (unpaired) electrons. The summed E-state index contributed by atoms with van der Waals surface area (Å²) in [5.41, 5.74) is -1.51. The Labute approximate surface area is 153 Å². The van der Waals surface area contributed by atoms with Crippen LogP contribution < -0.4 is 0 Å². The van der Waals surface area contributed by atoms with Gasteiger partial charge in [0, 0.05) is 4.88 Å². The van der Waals surface area contributed by atoms with Gasteiger partial charge < -0.3 is 4.74 Å². The number of thiophene rings is 1. The fourth-order valence-electron chi connectivity index (χ4n) is 3.01. The average molecular weight is 384 g/mol. The number of ketones is 2. The van der Waals surface area contributed by atoms with Crippen LogP contribution in [0.2, 0.25) is 4.34 Å². The number of aromatic nitrogens is 1. The van der Waals surface area contributed by atoms with Crippen LogP contribution in [0.1, 0.15) is 44.2 Å². The van der Waals surface area contributed by atoms with Gasteiger partial charge in [-0.1, -0.05) is 11.6 Å². The molecular formula is C17H18ClNO3S2. The molecule has 0 aromatic carbocycles. The zero-order valence-corrected chi connectivity index (χ0v) is 16.5. The molecule has 3 heterocycles. The van der Waals surface area contributed by atoms with E-state index in [1.807, 2.05) is 19.1 Å². The molecule has 0 spiro atoms. The molecule has 0 N–H and O–H groups in total. The van der Waals surface area contributed by atoms with Gasteiger partial charge in [-0.05, 0) is 46.8 Å². The van der Waals surface area contributed by atoms with E-state index in [1.165, 1.54) is 22.7 Å².